The highest BCUT2D eigenvalue weighted by Gasteiger charge is 2.34. The van der Waals surface area contributed by atoms with Gasteiger partial charge in [0.1, 0.15) is 12.4 Å². The summed E-state index contributed by atoms with van der Waals surface area (Å²) in [4.78, 5) is 0. The van der Waals surface area contributed by atoms with Gasteiger partial charge in [-0.25, -0.2) is 0 Å². The molecule has 2 atom stereocenters. The molecule has 1 aromatic carbocycles. The van der Waals surface area contributed by atoms with Crippen LogP contribution in [0, 0.1) is 5.92 Å². The van der Waals surface area contributed by atoms with E-state index in [9.17, 15) is 0 Å². The summed E-state index contributed by atoms with van der Waals surface area (Å²) in [5.74, 6) is 1.60. The summed E-state index contributed by atoms with van der Waals surface area (Å²) in [6.45, 7) is 3.45. The molecule has 2 N–H and O–H groups in total. The SMILES string of the molecule is COCCOc1ccccc1C1(N)CCCC(C)C1. The molecule has 1 saturated carbocycles. The minimum absolute atomic E-state index is 0.235. The largest absolute Gasteiger partial charge is 0.491 e. The number of para-hydroxylation sites is 1. The average molecular weight is 263 g/mol. The molecule has 0 radical (unpaired) electrons. The van der Waals surface area contributed by atoms with Gasteiger partial charge in [0.25, 0.3) is 0 Å². The van der Waals surface area contributed by atoms with E-state index in [0.717, 1.165) is 24.2 Å². The highest BCUT2D eigenvalue weighted by molar-refractivity contribution is 5.39. The van der Waals surface area contributed by atoms with Gasteiger partial charge >= 0.3 is 0 Å². The van der Waals surface area contributed by atoms with Crippen LogP contribution < -0.4 is 10.5 Å². The number of hydrogen-bond acceptors (Lipinski definition) is 3. The minimum Gasteiger partial charge on any atom is -0.491 e. The number of benzene rings is 1. The zero-order valence-corrected chi connectivity index (χ0v) is 12.0. The van der Waals surface area contributed by atoms with Crippen LogP contribution in [0.3, 0.4) is 0 Å². The van der Waals surface area contributed by atoms with E-state index in [1.165, 1.54) is 12.8 Å². The fourth-order valence-corrected chi connectivity index (χ4v) is 3.08. The van der Waals surface area contributed by atoms with Crippen molar-refractivity contribution in [3.63, 3.8) is 0 Å². The third-order valence-corrected chi connectivity index (χ3v) is 4.00. The maximum atomic E-state index is 6.66. The third kappa shape index (κ3) is 3.48. The molecule has 3 heteroatoms. The Labute approximate surface area is 116 Å². The van der Waals surface area contributed by atoms with E-state index in [4.69, 9.17) is 15.2 Å². The fraction of sp³-hybridized carbons (Fsp3) is 0.625. The summed E-state index contributed by atoms with van der Waals surface area (Å²) >= 11 is 0. The van der Waals surface area contributed by atoms with Gasteiger partial charge in [0.2, 0.25) is 0 Å². The van der Waals surface area contributed by atoms with Crippen LogP contribution in [0.25, 0.3) is 0 Å². The molecule has 0 aromatic heterocycles. The Hall–Kier alpha value is -1.06. The van der Waals surface area contributed by atoms with Gasteiger partial charge in [-0.05, 0) is 24.8 Å². The van der Waals surface area contributed by atoms with Crippen molar-refractivity contribution in [2.24, 2.45) is 11.7 Å². The molecule has 1 aliphatic rings. The molecule has 1 aliphatic carbocycles. The monoisotopic (exact) mass is 263 g/mol. The Morgan fingerprint density at radius 3 is 2.84 bits per heavy atom. The van der Waals surface area contributed by atoms with Gasteiger partial charge in [0.05, 0.1) is 6.61 Å². The van der Waals surface area contributed by atoms with Crippen LogP contribution in [-0.4, -0.2) is 20.3 Å². The number of rotatable bonds is 5. The Balaban J connectivity index is 2.18. The average Bonchev–Trinajstić information content (AvgIpc) is 2.39. The van der Waals surface area contributed by atoms with E-state index in [0.29, 0.717) is 19.1 Å². The maximum Gasteiger partial charge on any atom is 0.124 e. The molecule has 0 spiro atoms. The van der Waals surface area contributed by atoms with E-state index in [1.54, 1.807) is 7.11 Å². The van der Waals surface area contributed by atoms with E-state index in [-0.39, 0.29) is 5.54 Å². The zero-order chi connectivity index (χ0) is 13.7. The van der Waals surface area contributed by atoms with Gasteiger partial charge in [-0.1, -0.05) is 38.0 Å². The number of hydrogen-bond donors (Lipinski definition) is 1. The molecule has 3 nitrogen and oxygen atoms in total. The first-order valence-electron chi connectivity index (χ1n) is 7.16. The van der Waals surface area contributed by atoms with Crippen LogP contribution in [0.1, 0.15) is 38.2 Å². The van der Waals surface area contributed by atoms with Crippen molar-refractivity contribution >= 4 is 0 Å². The number of methoxy groups -OCH3 is 1. The first-order chi connectivity index (χ1) is 9.15. The standard InChI is InChI=1S/C16H25NO2/c1-13-6-5-9-16(17,12-13)14-7-3-4-8-15(14)19-11-10-18-2/h3-4,7-8,13H,5-6,9-12,17H2,1-2H3. The molecule has 0 heterocycles. The quantitative estimate of drug-likeness (QED) is 0.830. The van der Waals surface area contributed by atoms with Crippen LogP contribution in [0.5, 0.6) is 5.75 Å². The van der Waals surface area contributed by atoms with Crippen LogP contribution >= 0.6 is 0 Å². The molecule has 19 heavy (non-hydrogen) atoms. The normalized spacial score (nSPS) is 27.2. The molecule has 1 aromatic rings. The summed E-state index contributed by atoms with van der Waals surface area (Å²) in [7, 11) is 1.68. The summed E-state index contributed by atoms with van der Waals surface area (Å²) in [6.07, 6.45) is 4.56. The van der Waals surface area contributed by atoms with Gasteiger partial charge in [0.15, 0.2) is 0 Å². The van der Waals surface area contributed by atoms with E-state index in [2.05, 4.69) is 13.0 Å². The van der Waals surface area contributed by atoms with Crippen LogP contribution in [0.4, 0.5) is 0 Å². The molecule has 0 amide bonds. The summed E-state index contributed by atoms with van der Waals surface area (Å²) in [5, 5.41) is 0. The summed E-state index contributed by atoms with van der Waals surface area (Å²) in [6, 6.07) is 8.17. The maximum absolute atomic E-state index is 6.66. The van der Waals surface area contributed by atoms with Gasteiger partial charge in [0, 0.05) is 18.2 Å². The minimum atomic E-state index is -0.235. The molecule has 1 fully saturated rings. The number of ether oxygens (including phenoxy) is 2. The molecule has 106 valence electrons. The predicted octanol–water partition coefficient (Wildman–Crippen LogP) is 3.08. The van der Waals surface area contributed by atoms with E-state index >= 15 is 0 Å². The van der Waals surface area contributed by atoms with Crippen LogP contribution in [-0.2, 0) is 10.3 Å². The van der Waals surface area contributed by atoms with Gasteiger partial charge in [-0.3, -0.25) is 0 Å². The lowest BCUT2D eigenvalue weighted by molar-refractivity contribution is 0.143. The van der Waals surface area contributed by atoms with Crippen molar-refractivity contribution in [2.75, 3.05) is 20.3 Å². The number of nitrogens with two attached hydrogens (primary N) is 1. The topological polar surface area (TPSA) is 44.5 Å². The van der Waals surface area contributed by atoms with Crippen LogP contribution in [0.2, 0.25) is 0 Å². The second-order valence-corrected chi connectivity index (χ2v) is 5.70. The molecular formula is C16H25NO2. The molecule has 2 unspecified atom stereocenters. The summed E-state index contributed by atoms with van der Waals surface area (Å²) < 4.78 is 10.9. The van der Waals surface area contributed by atoms with Gasteiger partial charge in [-0.2, -0.15) is 0 Å². The second kappa shape index (κ2) is 6.40. The van der Waals surface area contributed by atoms with Crippen molar-refractivity contribution in [3.8, 4) is 5.75 Å². The van der Waals surface area contributed by atoms with Crippen molar-refractivity contribution in [1.82, 2.24) is 0 Å². The fourth-order valence-electron chi connectivity index (χ4n) is 3.08. The van der Waals surface area contributed by atoms with Crippen molar-refractivity contribution in [2.45, 2.75) is 38.1 Å². The molecule has 2 rings (SSSR count). The summed E-state index contributed by atoms with van der Waals surface area (Å²) in [5.41, 5.74) is 7.58. The lowest BCUT2D eigenvalue weighted by Crippen LogP contribution is -2.41. The first kappa shape index (κ1) is 14.4. The predicted molar refractivity (Wildman–Crippen MR) is 77.3 cm³/mol. The van der Waals surface area contributed by atoms with E-state index < -0.39 is 0 Å². The van der Waals surface area contributed by atoms with Gasteiger partial charge in [-0.15, -0.1) is 0 Å². The van der Waals surface area contributed by atoms with E-state index in [1.807, 2.05) is 18.2 Å². The Morgan fingerprint density at radius 2 is 2.11 bits per heavy atom. The highest BCUT2D eigenvalue weighted by atomic mass is 16.5. The molecule has 0 saturated heterocycles. The third-order valence-electron chi connectivity index (χ3n) is 4.00. The van der Waals surface area contributed by atoms with Crippen molar-refractivity contribution < 1.29 is 9.47 Å². The Morgan fingerprint density at radius 1 is 1.32 bits per heavy atom. The second-order valence-electron chi connectivity index (χ2n) is 5.70. The smallest absolute Gasteiger partial charge is 0.124 e. The highest BCUT2D eigenvalue weighted by Crippen LogP contribution is 2.41. The van der Waals surface area contributed by atoms with Crippen LogP contribution in [0.15, 0.2) is 24.3 Å². The first-order valence-corrected chi connectivity index (χ1v) is 7.16. The lowest BCUT2D eigenvalue weighted by atomic mass is 9.73. The van der Waals surface area contributed by atoms with Crippen molar-refractivity contribution in [3.05, 3.63) is 29.8 Å². The van der Waals surface area contributed by atoms with Gasteiger partial charge < -0.3 is 15.2 Å². The molecular weight excluding hydrogens is 238 g/mol. The Kier molecular flexibility index (Phi) is 4.83. The molecule has 0 aliphatic heterocycles. The van der Waals surface area contributed by atoms with Crippen molar-refractivity contribution in [1.29, 1.82) is 0 Å². The zero-order valence-electron chi connectivity index (χ0n) is 12.0. The lowest BCUT2D eigenvalue weighted by Gasteiger charge is -2.38. The molecule has 0 bridgehead atoms. The Bertz CT molecular complexity index is 407.